The molecule has 8 nitrogen and oxygen atoms in total. The molecule has 2 spiro atoms. The highest BCUT2D eigenvalue weighted by Gasteiger charge is 2.66. The van der Waals surface area contributed by atoms with Crippen molar-refractivity contribution in [1.29, 1.82) is 0 Å². The van der Waals surface area contributed by atoms with Crippen LogP contribution in [0.4, 0.5) is 0 Å². The Kier molecular flexibility index (Phi) is 9.24. The molecule has 1 aliphatic heterocycles. The third-order valence-electron chi connectivity index (χ3n) is 14.1. The monoisotopic (exact) mass is 617 g/mol. The maximum atomic E-state index is 12.5. The van der Waals surface area contributed by atoms with Crippen molar-refractivity contribution in [2.24, 2.45) is 52.3 Å². The highest BCUT2D eigenvalue weighted by atomic mass is 17.4. The molecule has 44 heavy (non-hydrogen) atoms. The van der Waals surface area contributed by atoms with Crippen LogP contribution in [0.15, 0.2) is 0 Å². The molecule has 6 rings (SSSR count). The van der Waals surface area contributed by atoms with Gasteiger partial charge in [-0.25, -0.2) is 0 Å². The van der Waals surface area contributed by atoms with Crippen LogP contribution in [-0.4, -0.2) is 36.1 Å². The van der Waals surface area contributed by atoms with Gasteiger partial charge in [0, 0.05) is 51.5 Å². The number of ether oxygens (including phenoxy) is 1. The summed E-state index contributed by atoms with van der Waals surface area (Å²) in [5.74, 6) is 1.80. The van der Waals surface area contributed by atoms with E-state index in [1.54, 1.807) is 6.92 Å². The lowest BCUT2D eigenvalue weighted by Crippen LogP contribution is -2.62. The van der Waals surface area contributed by atoms with E-state index in [0.29, 0.717) is 49.0 Å². The van der Waals surface area contributed by atoms with E-state index in [2.05, 4.69) is 33.0 Å². The van der Waals surface area contributed by atoms with Gasteiger partial charge >= 0.3 is 5.97 Å². The fourth-order valence-electron chi connectivity index (χ4n) is 11.5. The minimum Gasteiger partial charge on any atom is -0.462 e. The van der Waals surface area contributed by atoms with Crippen molar-refractivity contribution in [1.82, 2.24) is 5.32 Å². The summed E-state index contributed by atoms with van der Waals surface area (Å²) < 4.78 is 6.26. The van der Waals surface area contributed by atoms with Crippen molar-refractivity contribution >= 4 is 11.9 Å². The zero-order valence-corrected chi connectivity index (χ0v) is 28.3. The van der Waals surface area contributed by atoms with Crippen LogP contribution in [0, 0.1) is 52.3 Å². The number of rotatable bonds is 7. The van der Waals surface area contributed by atoms with Gasteiger partial charge in [-0.2, -0.15) is 19.6 Å². The van der Waals surface area contributed by atoms with E-state index < -0.39 is 11.6 Å². The van der Waals surface area contributed by atoms with Gasteiger partial charge in [-0.3, -0.25) is 9.59 Å². The van der Waals surface area contributed by atoms with Gasteiger partial charge in [-0.1, -0.05) is 34.1 Å². The number of carbonyl (C=O) groups is 2. The summed E-state index contributed by atoms with van der Waals surface area (Å²) in [5.41, 5.74) is 0.332. The van der Waals surface area contributed by atoms with E-state index in [0.717, 1.165) is 63.7 Å². The predicted molar refractivity (Wildman–Crippen MR) is 165 cm³/mol. The first kappa shape index (κ1) is 32.7. The highest BCUT2D eigenvalue weighted by Crippen LogP contribution is 2.69. The number of hydrogen-bond donors (Lipinski definition) is 1. The van der Waals surface area contributed by atoms with Crippen LogP contribution in [0.25, 0.3) is 0 Å². The zero-order valence-electron chi connectivity index (χ0n) is 28.3. The average molecular weight is 618 g/mol. The molecule has 0 unspecified atom stereocenters. The standard InChI is InChI=1S/C36H59NO7/c1-7-25-13-17-35(18-14-25)41-43-36(44-42-35)20-19-33(5)26(22-36)21-30(40-24(4)38)32-28-11-10-27(34(28,6)16-15-29(32)33)23(3)9-12-31(39)37-8-2/h23,25-30,32H,7-22H2,1-6H3,(H,37,39)/t23-,25?,26-,27-,28+,29+,30-,32+,33+,34-,35?,36?/m1/s1. The number of amides is 1. The van der Waals surface area contributed by atoms with Gasteiger partial charge < -0.3 is 10.1 Å². The molecule has 5 saturated carbocycles. The van der Waals surface area contributed by atoms with Crippen molar-refractivity contribution in [3.05, 3.63) is 0 Å². The molecule has 0 aromatic rings. The van der Waals surface area contributed by atoms with Gasteiger partial charge in [0.2, 0.25) is 17.5 Å². The Morgan fingerprint density at radius 2 is 1.55 bits per heavy atom. The molecule has 0 aromatic heterocycles. The first-order chi connectivity index (χ1) is 21.0. The van der Waals surface area contributed by atoms with E-state index in [9.17, 15) is 9.59 Å². The molecule has 250 valence electrons. The maximum Gasteiger partial charge on any atom is 0.302 e. The second-order valence-electron chi connectivity index (χ2n) is 16.3. The summed E-state index contributed by atoms with van der Waals surface area (Å²) in [4.78, 5) is 49.4. The lowest BCUT2D eigenvalue weighted by molar-refractivity contribution is -0.665. The van der Waals surface area contributed by atoms with Crippen molar-refractivity contribution in [2.75, 3.05) is 6.54 Å². The van der Waals surface area contributed by atoms with Crippen molar-refractivity contribution in [3.8, 4) is 0 Å². The zero-order chi connectivity index (χ0) is 31.3. The van der Waals surface area contributed by atoms with Crippen LogP contribution in [0.5, 0.6) is 0 Å². The van der Waals surface area contributed by atoms with E-state index in [4.69, 9.17) is 24.3 Å². The predicted octanol–water partition coefficient (Wildman–Crippen LogP) is 7.64. The Balaban J connectivity index is 1.17. The van der Waals surface area contributed by atoms with Crippen LogP contribution < -0.4 is 5.32 Å². The van der Waals surface area contributed by atoms with Gasteiger partial charge in [-0.15, -0.1) is 0 Å². The lowest BCUT2D eigenvalue weighted by atomic mass is 9.43. The lowest BCUT2D eigenvalue weighted by Gasteiger charge is -2.64. The third-order valence-corrected chi connectivity index (χ3v) is 14.1. The number of hydrogen-bond acceptors (Lipinski definition) is 7. The van der Waals surface area contributed by atoms with Gasteiger partial charge in [0.05, 0.1) is 0 Å². The average Bonchev–Trinajstić information content (AvgIpc) is 3.36. The molecule has 1 saturated heterocycles. The van der Waals surface area contributed by atoms with Crippen LogP contribution in [0.3, 0.4) is 0 Å². The number of carbonyl (C=O) groups excluding carboxylic acids is 2. The van der Waals surface area contributed by atoms with Crippen molar-refractivity contribution in [3.63, 3.8) is 0 Å². The summed E-state index contributed by atoms with van der Waals surface area (Å²) in [5, 5.41) is 2.97. The minimum absolute atomic E-state index is 0.0965. The SMILES string of the molecule is CCNC(=O)CC[C@@H](C)[C@H]1CC[C@H]2[C@@H]3[C@H](OC(C)=O)C[C@@H]4CC5(CC[C@]4(C)[C@H]3CC[C@]12C)OOC1(CCC(CC)CC1)OO5. The van der Waals surface area contributed by atoms with Gasteiger partial charge in [0.1, 0.15) is 6.10 Å². The number of nitrogens with one attached hydrogen (secondary N) is 1. The molecule has 6 aliphatic rings. The molecule has 6 fully saturated rings. The summed E-state index contributed by atoms with van der Waals surface area (Å²) in [7, 11) is 0. The molecule has 1 amide bonds. The number of fused-ring (bicyclic) bond motifs is 5. The molecular weight excluding hydrogens is 558 g/mol. The van der Waals surface area contributed by atoms with E-state index in [1.165, 1.54) is 25.7 Å². The summed E-state index contributed by atoms with van der Waals surface area (Å²) in [6.45, 7) is 13.9. The Bertz CT molecular complexity index is 1050. The molecule has 9 atom stereocenters. The molecule has 0 aromatic carbocycles. The fourth-order valence-corrected chi connectivity index (χ4v) is 11.5. The molecule has 1 heterocycles. The quantitative estimate of drug-likeness (QED) is 0.232. The second kappa shape index (κ2) is 12.4. The molecular formula is C36H59NO7. The molecule has 0 radical (unpaired) electrons. The van der Waals surface area contributed by atoms with Gasteiger partial charge in [-0.05, 0) is 111 Å². The highest BCUT2D eigenvalue weighted by molar-refractivity contribution is 5.75. The van der Waals surface area contributed by atoms with E-state index in [-0.39, 0.29) is 34.7 Å². The largest absolute Gasteiger partial charge is 0.462 e. The van der Waals surface area contributed by atoms with E-state index in [1.807, 2.05) is 6.92 Å². The first-order valence-corrected chi connectivity index (χ1v) is 18.1. The number of esters is 1. The minimum atomic E-state index is -0.897. The topological polar surface area (TPSA) is 92.3 Å². The second-order valence-corrected chi connectivity index (χ2v) is 16.3. The van der Waals surface area contributed by atoms with Gasteiger partial charge in [0.25, 0.3) is 0 Å². The van der Waals surface area contributed by atoms with Gasteiger partial charge in [0.15, 0.2) is 0 Å². The van der Waals surface area contributed by atoms with E-state index >= 15 is 0 Å². The summed E-state index contributed by atoms with van der Waals surface area (Å²) in [6, 6.07) is 0. The van der Waals surface area contributed by atoms with Crippen molar-refractivity contribution < 1.29 is 33.9 Å². The summed E-state index contributed by atoms with van der Waals surface area (Å²) >= 11 is 0. The smallest absolute Gasteiger partial charge is 0.302 e. The Hall–Kier alpha value is -1.22. The molecule has 8 heteroatoms. The van der Waals surface area contributed by atoms with Crippen LogP contribution in [0.2, 0.25) is 0 Å². The Morgan fingerprint density at radius 3 is 2.20 bits per heavy atom. The Labute approximate surface area is 265 Å². The normalized spacial score (nSPS) is 47.4. The summed E-state index contributed by atoms with van der Waals surface area (Å²) in [6.07, 6.45) is 14.4. The maximum absolute atomic E-state index is 12.5. The fraction of sp³-hybridized carbons (Fsp3) is 0.944. The van der Waals surface area contributed by atoms with Crippen LogP contribution in [0.1, 0.15) is 138 Å². The third kappa shape index (κ3) is 5.77. The molecule has 5 aliphatic carbocycles. The van der Waals surface area contributed by atoms with Crippen LogP contribution in [-0.2, 0) is 33.9 Å². The molecule has 0 bridgehead atoms. The Morgan fingerprint density at radius 1 is 0.864 bits per heavy atom. The molecule has 1 N–H and O–H groups in total. The van der Waals surface area contributed by atoms with Crippen molar-refractivity contribution in [2.45, 2.75) is 156 Å². The first-order valence-electron chi connectivity index (χ1n) is 18.1. The van der Waals surface area contributed by atoms with Crippen LogP contribution >= 0.6 is 0 Å².